The number of hydrogen-bond acceptors (Lipinski definition) is 4. The Balaban J connectivity index is 1.60. The lowest BCUT2D eigenvalue weighted by Gasteiger charge is -2.30. The zero-order chi connectivity index (χ0) is 16.9. The molecule has 1 aromatic rings. The highest BCUT2D eigenvalue weighted by molar-refractivity contribution is 5.94. The van der Waals surface area contributed by atoms with Crippen LogP contribution in [0.15, 0.2) is 24.3 Å². The third-order valence-corrected chi connectivity index (χ3v) is 4.63. The number of piperidine rings is 1. The minimum absolute atomic E-state index is 0.112. The summed E-state index contributed by atoms with van der Waals surface area (Å²) < 4.78 is 11.2. The third kappa shape index (κ3) is 4.06. The highest BCUT2D eigenvalue weighted by Gasteiger charge is 2.28. The van der Waals surface area contributed by atoms with Crippen molar-refractivity contribution in [1.29, 1.82) is 0 Å². The van der Waals surface area contributed by atoms with E-state index in [9.17, 15) is 9.59 Å². The van der Waals surface area contributed by atoms with E-state index in [-0.39, 0.29) is 18.6 Å². The summed E-state index contributed by atoms with van der Waals surface area (Å²) in [4.78, 5) is 25.3. The third-order valence-electron chi connectivity index (χ3n) is 4.63. The van der Waals surface area contributed by atoms with Gasteiger partial charge in [-0.3, -0.25) is 9.59 Å². The number of carbonyl (C=O) groups is 2. The molecule has 130 valence electrons. The Labute approximate surface area is 141 Å². The molecule has 24 heavy (non-hydrogen) atoms. The predicted octanol–water partition coefficient (Wildman–Crippen LogP) is 2.18. The van der Waals surface area contributed by atoms with Crippen molar-refractivity contribution in [1.82, 2.24) is 4.90 Å². The second-order valence-corrected chi connectivity index (χ2v) is 6.38. The molecule has 1 atom stereocenters. The van der Waals surface area contributed by atoms with Crippen LogP contribution in [0.3, 0.4) is 0 Å². The van der Waals surface area contributed by atoms with Gasteiger partial charge >= 0.3 is 5.97 Å². The van der Waals surface area contributed by atoms with Crippen molar-refractivity contribution < 1.29 is 24.2 Å². The van der Waals surface area contributed by atoms with Gasteiger partial charge in [0.15, 0.2) is 0 Å². The van der Waals surface area contributed by atoms with Gasteiger partial charge in [-0.15, -0.1) is 0 Å². The quantitative estimate of drug-likeness (QED) is 0.914. The summed E-state index contributed by atoms with van der Waals surface area (Å²) >= 11 is 0. The summed E-state index contributed by atoms with van der Waals surface area (Å²) in [6, 6.07) is 7.12. The Bertz CT molecular complexity index is 580. The van der Waals surface area contributed by atoms with Crippen molar-refractivity contribution in [3.05, 3.63) is 29.8 Å². The van der Waals surface area contributed by atoms with Gasteiger partial charge in [-0.1, -0.05) is 0 Å². The first-order valence-electron chi connectivity index (χ1n) is 8.50. The number of aliphatic carboxylic acids is 1. The molecular weight excluding hydrogens is 310 g/mol. The molecule has 0 spiro atoms. The van der Waals surface area contributed by atoms with Crippen LogP contribution in [0.1, 0.15) is 36.0 Å². The molecule has 1 amide bonds. The molecule has 0 bridgehead atoms. The molecule has 0 aliphatic carbocycles. The molecular formula is C18H23NO5. The summed E-state index contributed by atoms with van der Waals surface area (Å²) in [7, 11) is 0. The normalized spacial score (nSPS) is 22.2. The Kier molecular flexibility index (Phi) is 5.35. The molecule has 2 aliphatic heterocycles. The fraction of sp³-hybridized carbons (Fsp3) is 0.556. The molecule has 0 radical (unpaired) electrons. The molecule has 2 saturated heterocycles. The van der Waals surface area contributed by atoms with E-state index < -0.39 is 11.9 Å². The lowest BCUT2D eigenvalue weighted by atomic mass is 9.97. The number of amides is 1. The van der Waals surface area contributed by atoms with Gasteiger partial charge < -0.3 is 19.5 Å². The fourth-order valence-electron chi connectivity index (χ4n) is 3.21. The number of rotatable bonds is 4. The van der Waals surface area contributed by atoms with E-state index in [0.717, 1.165) is 38.2 Å². The van der Waals surface area contributed by atoms with Crippen molar-refractivity contribution in [2.45, 2.75) is 31.8 Å². The molecule has 1 N–H and O–H groups in total. The minimum atomic E-state index is -0.826. The topological polar surface area (TPSA) is 76.1 Å². The van der Waals surface area contributed by atoms with E-state index in [2.05, 4.69) is 0 Å². The largest absolute Gasteiger partial charge is 0.490 e. The second kappa shape index (κ2) is 7.66. The first-order chi connectivity index (χ1) is 11.6. The number of ether oxygens (including phenoxy) is 2. The van der Waals surface area contributed by atoms with Crippen LogP contribution in [-0.4, -0.2) is 54.3 Å². The number of carboxylic acids is 1. The predicted molar refractivity (Wildman–Crippen MR) is 87.2 cm³/mol. The van der Waals surface area contributed by atoms with Crippen LogP contribution in [0.2, 0.25) is 0 Å². The summed E-state index contributed by atoms with van der Waals surface area (Å²) in [5, 5.41) is 9.14. The number of nitrogens with zero attached hydrogens (tertiary/aromatic N) is 1. The monoisotopic (exact) mass is 333 g/mol. The van der Waals surface area contributed by atoms with E-state index in [4.69, 9.17) is 14.6 Å². The van der Waals surface area contributed by atoms with Crippen molar-refractivity contribution in [2.75, 3.05) is 26.3 Å². The first kappa shape index (κ1) is 16.8. The smallest absolute Gasteiger partial charge is 0.308 e. The molecule has 6 heteroatoms. The van der Waals surface area contributed by atoms with Gasteiger partial charge in [-0.25, -0.2) is 0 Å². The minimum Gasteiger partial charge on any atom is -0.490 e. The van der Waals surface area contributed by atoms with E-state index in [1.165, 1.54) is 0 Å². The highest BCUT2D eigenvalue weighted by Crippen LogP contribution is 2.22. The Hall–Kier alpha value is -2.08. The maximum Gasteiger partial charge on any atom is 0.308 e. The molecule has 1 aromatic carbocycles. The van der Waals surface area contributed by atoms with Gasteiger partial charge in [0.1, 0.15) is 11.9 Å². The standard InChI is InChI=1S/C18H23NO5/c20-17(19-9-1-2-14(12-19)18(21)22)13-3-5-15(6-4-13)24-16-7-10-23-11-8-16/h3-6,14,16H,1-2,7-12H2,(H,21,22). The highest BCUT2D eigenvalue weighted by atomic mass is 16.5. The van der Waals surface area contributed by atoms with Crippen molar-refractivity contribution in [3.8, 4) is 5.75 Å². The molecule has 0 aromatic heterocycles. The number of likely N-dealkylation sites (tertiary alicyclic amines) is 1. The van der Waals surface area contributed by atoms with Crippen LogP contribution < -0.4 is 4.74 Å². The molecule has 2 heterocycles. The van der Waals surface area contributed by atoms with Crippen LogP contribution in [0.5, 0.6) is 5.75 Å². The Morgan fingerprint density at radius 2 is 1.83 bits per heavy atom. The first-order valence-corrected chi connectivity index (χ1v) is 8.50. The molecule has 3 rings (SSSR count). The summed E-state index contributed by atoms with van der Waals surface area (Å²) in [6.45, 7) is 2.35. The van der Waals surface area contributed by atoms with Crippen molar-refractivity contribution in [2.24, 2.45) is 5.92 Å². The van der Waals surface area contributed by atoms with Crippen LogP contribution >= 0.6 is 0 Å². The number of benzene rings is 1. The second-order valence-electron chi connectivity index (χ2n) is 6.38. The lowest BCUT2D eigenvalue weighted by molar-refractivity contribution is -0.143. The maximum absolute atomic E-state index is 12.5. The van der Waals surface area contributed by atoms with Crippen LogP contribution in [-0.2, 0) is 9.53 Å². The Morgan fingerprint density at radius 3 is 2.50 bits per heavy atom. The molecule has 2 aliphatic rings. The number of carbonyl (C=O) groups excluding carboxylic acids is 1. The molecule has 2 fully saturated rings. The van der Waals surface area contributed by atoms with Crippen molar-refractivity contribution >= 4 is 11.9 Å². The fourth-order valence-corrected chi connectivity index (χ4v) is 3.21. The summed E-state index contributed by atoms with van der Waals surface area (Å²) in [5.74, 6) is -0.648. The van der Waals surface area contributed by atoms with Crippen molar-refractivity contribution in [3.63, 3.8) is 0 Å². The van der Waals surface area contributed by atoms with Crippen LogP contribution in [0.4, 0.5) is 0 Å². The maximum atomic E-state index is 12.5. The lowest BCUT2D eigenvalue weighted by Crippen LogP contribution is -2.42. The van der Waals surface area contributed by atoms with Gasteiger partial charge in [0.2, 0.25) is 0 Å². The Morgan fingerprint density at radius 1 is 1.12 bits per heavy atom. The molecule has 6 nitrogen and oxygen atoms in total. The average Bonchev–Trinajstić information content (AvgIpc) is 2.63. The molecule has 1 unspecified atom stereocenters. The number of carboxylic acid groups (broad SMARTS) is 1. The number of hydrogen-bond donors (Lipinski definition) is 1. The summed E-state index contributed by atoms with van der Waals surface area (Å²) in [6.07, 6.45) is 3.29. The summed E-state index contributed by atoms with van der Waals surface area (Å²) in [5.41, 5.74) is 0.570. The SMILES string of the molecule is O=C(O)C1CCCN(C(=O)c2ccc(OC3CCOCC3)cc2)C1. The van der Waals surface area contributed by atoms with E-state index in [1.807, 2.05) is 0 Å². The average molecular weight is 333 g/mol. The van der Waals surface area contributed by atoms with Crippen LogP contribution in [0, 0.1) is 5.92 Å². The van der Waals surface area contributed by atoms with Gasteiger partial charge in [-0.05, 0) is 37.1 Å². The van der Waals surface area contributed by atoms with Gasteiger partial charge in [0.05, 0.1) is 19.1 Å². The van der Waals surface area contributed by atoms with Gasteiger partial charge in [0, 0.05) is 31.5 Å². The van der Waals surface area contributed by atoms with E-state index in [1.54, 1.807) is 29.2 Å². The van der Waals surface area contributed by atoms with E-state index >= 15 is 0 Å². The zero-order valence-corrected chi connectivity index (χ0v) is 13.6. The van der Waals surface area contributed by atoms with Crippen LogP contribution in [0.25, 0.3) is 0 Å². The zero-order valence-electron chi connectivity index (χ0n) is 13.6. The van der Waals surface area contributed by atoms with Gasteiger partial charge in [0.25, 0.3) is 5.91 Å². The van der Waals surface area contributed by atoms with E-state index in [0.29, 0.717) is 18.5 Å². The molecule has 0 saturated carbocycles. The van der Waals surface area contributed by atoms with Gasteiger partial charge in [-0.2, -0.15) is 0 Å².